The van der Waals surface area contributed by atoms with Crippen LogP contribution in [0.4, 0.5) is 0 Å². The smallest absolute Gasteiger partial charge is 0.133 e. The van der Waals surface area contributed by atoms with E-state index in [4.69, 9.17) is 0 Å². The summed E-state index contributed by atoms with van der Waals surface area (Å²) < 4.78 is 0. The van der Waals surface area contributed by atoms with E-state index in [-0.39, 0.29) is 5.41 Å². The van der Waals surface area contributed by atoms with Gasteiger partial charge < -0.3 is 5.11 Å². The van der Waals surface area contributed by atoms with Gasteiger partial charge in [0.05, 0.1) is 5.60 Å². The highest BCUT2D eigenvalue weighted by Crippen LogP contribution is 2.67. The SMILES string of the molecule is CC[C@]12CC[C@@](C)(O)C[C@H]1CC[C@H]1[C@@H]3CCCC[C@@H](C(C)=O)[C@@]3(C)CC[C@@H]12. The van der Waals surface area contributed by atoms with Gasteiger partial charge in [-0.25, -0.2) is 0 Å². The Balaban J connectivity index is 1.67. The number of fused-ring (bicyclic) bond motifs is 5. The van der Waals surface area contributed by atoms with E-state index < -0.39 is 5.60 Å². The third kappa shape index (κ3) is 3.04. The zero-order chi connectivity index (χ0) is 19.4. The van der Waals surface area contributed by atoms with Crippen molar-refractivity contribution >= 4 is 5.78 Å². The van der Waals surface area contributed by atoms with Crippen LogP contribution < -0.4 is 0 Å². The highest BCUT2D eigenvalue weighted by atomic mass is 16.3. The number of carbonyl (C=O) groups excluding carboxylic acids is 1. The lowest BCUT2D eigenvalue weighted by molar-refractivity contribution is -0.166. The number of rotatable bonds is 2. The van der Waals surface area contributed by atoms with E-state index in [0.717, 1.165) is 37.0 Å². The summed E-state index contributed by atoms with van der Waals surface area (Å²) in [6, 6.07) is 0. The molecule has 27 heavy (non-hydrogen) atoms. The summed E-state index contributed by atoms with van der Waals surface area (Å²) in [5.74, 6) is 3.87. The summed E-state index contributed by atoms with van der Waals surface area (Å²) >= 11 is 0. The lowest BCUT2D eigenvalue weighted by atomic mass is 9.41. The second kappa shape index (κ2) is 6.85. The fraction of sp³-hybridized carbons (Fsp3) is 0.960. The molecular formula is C25H42O2. The highest BCUT2D eigenvalue weighted by molar-refractivity contribution is 5.79. The molecule has 0 saturated heterocycles. The highest BCUT2D eigenvalue weighted by Gasteiger charge is 2.60. The Hall–Kier alpha value is -0.370. The molecule has 4 fully saturated rings. The van der Waals surface area contributed by atoms with E-state index in [2.05, 4.69) is 20.8 Å². The molecule has 0 radical (unpaired) electrons. The summed E-state index contributed by atoms with van der Waals surface area (Å²) in [5.41, 5.74) is 0.261. The molecule has 8 atom stereocenters. The Morgan fingerprint density at radius 2 is 1.70 bits per heavy atom. The Bertz CT molecular complexity index is 581. The normalized spacial score (nSPS) is 52.9. The molecule has 4 rings (SSSR count). The van der Waals surface area contributed by atoms with Crippen LogP contribution in [0.2, 0.25) is 0 Å². The number of aliphatic hydroxyl groups is 1. The van der Waals surface area contributed by atoms with E-state index >= 15 is 0 Å². The predicted molar refractivity (Wildman–Crippen MR) is 110 cm³/mol. The van der Waals surface area contributed by atoms with Crippen LogP contribution in [0.5, 0.6) is 0 Å². The minimum atomic E-state index is -0.443. The molecule has 4 aliphatic carbocycles. The van der Waals surface area contributed by atoms with Gasteiger partial charge in [0.2, 0.25) is 0 Å². The predicted octanol–water partition coefficient (Wildman–Crippen LogP) is 6.16. The molecule has 0 aromatic heterocycles. The van der Waals surface area contributed by atoms with E-state index in [1.54, 1.807) is 0 Å². The van der Waals surface area contributed by atoms with Crippen LogP contribution in [0.15, 0.2) is 0 Å². The lowest BCUT2D eigenvalue weighted by Crippen LogP contribution is -2.57. The second-order valence-electron chi connectivity index (χ2n) is 11.4. The molecule has 1 N–H and O–H groups in total. The van der Waals surface area contributed by atoms with Crippen LogP contribution in [0, 0.1) is 40.4 Å². The molecule has 154 valence electrons. The van der Waals surface area contributed by atoms with Gasteiger partial charge in [-0.15, -0.1) is 0 Å². The molecule has 2 heteroatoms. The first-order valence-electron chi connectivity index (χ1n) is 12.0. The first-order valence-corrected chi connectivity index (χ1v) is 12.0. The Kier molecular flexibility index (Phi) is 5.06. The maximum absolute atomic E-state index is 12.6. The Labute approximate surface area is 166 Å². The number of hydrogen-bond acceptors (Lipinski definition) is 2. The number of carbonyl (C=O) groups is 1. The third-order valence-electron chi connectivity index (χ3n) is 10.3. The topological polar surface area (TPSA) is 37.3 Å². The summed E-state index contributed by atoms with van der Waals surface area (Å²) in [6.07, 6.45) is 14.8. The van der Waals surface area contributed by atoms with Crippen LogP contribution >= 0.6 is 0 Å². The molecule has 4 aliphatic rings. The summed E-state index contributed by atoms with van der Waals surface area (Å²) in [7, 11) is 0. The maximum atomic E-state index is 12.6. The van der Waals surface area contributed by atoms with E-state index in [9.17, 15) is 9.90 Å². The van der Waals surface area contributed by atoms with Crippen LogP contribution in [0.1, 0.15) is 105 Å². The molecule has 0 aliphatic heterocycles. The van der Waals surface area contributed by atoms with Crippen LogP contribution in [-0.2, 0) is 4.79 Å². The summed E-state index contributed by atoms with van der Waals surface area (Å²) in [5, 5.41) is 10.7. The van der Waals surface area contributed by atoms with Crippen molar-refractivity contribution in [3.8, 4) is 0 Å². The lowest BCUT2D eigenvalue weighted by Gasteiger charge is -2.64. The fourth-order valence-electron chi connectivity index (χ4n) is 8.98. The third-order valence-corrected chi connectivity index (χ3v) is 10.3. The second-order valence-corrected chi connectivity index (χ2v) is 11.4. The van der Waals surface area contributed by atoms with Gasteiger partial charge in [0.1, 0.15) is 5.78 Å². The van der Waals surface area contributed by atoms with E-state index in [1.807, 2.05) is 6.92 Å². The Morgan fingerprint density at radius 3 is 2.41 bits per heavy atom. The van der Waals surface area contributed by atoms with Crippen molar-refractivity contribution < 1.29 is 9.90 Å². The molecule has 0 aromatic carbocycles. The van der Waals surface area contributed by atoms with Gasteiger partial charge in [-0.3, -0.25) is 4.79 Å². The van der Waals surface area contributed by atoms with Crippen molar-refractivity contribution in [3.05, 3.63) is 0 Å². The number of hydrogen-bond donors (Lipinski definition) is 1. The minimum absolute atomic E-state index is 0.241. The van der Waals surface area contributed by atoms with Crippen molar-refractivity contribution in [2.75, 3.05) is 0 Å². The standard InChI is InChI=1S/C25H42O2/c1-5-25-15-14-23(3,27)16-18(25)10-11-19-21-9-7-6-8-20(17(2)26)24(21,4)13-12-22(19)25/h18-22,27H,5-16H2,1-4H3/t18-,19+,20+,21+,22+,23-,24-,25+/m1/s1. The minimum Gasteiger partial charge on any atom is -0.390 e. The monoisotopic (exact) mass is 374 g/mol. The van der Waals surface area contributed by atoms with Crippen molar-refractivity contribution in [2.24, 2.45) is 40.4 Å². The molecule has 0 bridgehead atoms. The molecule has 0 amide bonds. The molecule has 0 heterocycles. The van der Waals surface area contributed by atoms with E-state index in [0.29, 0.717) is 23.0 Å². The van der Waals surface area contributed by atoms with Crippen LogP contribution in [-0.4, -0.2) is 16.5 Å². The number of Topliss-reactive ketones (excluding diaryl/α,β-unsaturated/α-hetero) is 1. The van der Waals surface area contributed by atoms with E-state index in [1.165, 1.54) is 57.8 Å². The zero-order valence-corrected chi connectivity index (χ0v) is 18.2. The van der Waals surface area contributed by atoms with Crippen molar-refractivity contribution in [2.45, 2.75) is 110 Å². The van der Waals surface area contributed by atoms with Gasteiger partial charge in [0, 0.05) is 5.92 Å². The average molecular weight is 375 g/mol. The number of ketones is 1. The molecule has 2 nitrogen and oxygen atoms in total. The van der Waals surface area contributed by atoms with Gasteiger partial charge >= 0.3 is 0 Å². The van der Waals surface area contributed by atoms with Gasteiger partial charge in [0.25, 0.3) is 0 Å². The maximum Gasteiger partial charge on any atom is 0.133 e. The van der Waals surface area contributed by atoms with Gasteiger partial charge in [-0.05, 0) is 113 Å². The van der Waals surface area contributed by atoms with Crippen molar-refractivity contribution in [3.63, 3.8) is 0 Å². The molecular weight excluding hydrogens is 332 g/mol. The molecule has 4 saturated carbocycles. The first-order chi connectivity index (χ1) is 12.7. The van der Waals surface area contributed by atoms with Crippen LogP contribution in [0.3, 0.4) is 0 Å². The first kappa shape index (κ1) is 19.9. The van der Waals surface area contributed by atoms with Gasteiger partial charge in [-0.1, -0.05) is 26.7 Å². The molecule has 0 unspecified atom stereocenters. The molecule has 0 spiro atoms. The van der Waals surface area contributed by atoms with Crippen molar-refractivity contribution in [1.82, 2.24) is 0 Å². The summed E-state index contributed by atoms with van der Waals surface area (Å²) in [4.78, 5) is 12.6. The van der Waals surface area contributed by atoms with Crippen LogP contribution in [0.25, 0.3) is 0 Å². The quantitative estimate of drug-likeness (QED) is 0.629. The van der Waals surface area contributed by atoms with Crippen molar-refractivity contribution in [1.29, 1.82) is 0 Å². The largest absolute Gasteiger partial charge is 0.390 e. The Morgan fingerprint density at radius 1 is 0.963 bits per heavy atom. The fourth-order valence-corrected chi connectivity index (χ4v) is 8.98. The zero-order valence-electron chi connectivity index (χ0n) is 18.2. The van der Waals surface area contributed by atoms with Gasteiger partial charge in [-0.2, -0.15) is 0 Å². The molecule has 0 aromatic rings. The average Bonchev–Trinajstić information content (AvgIpc) is 2.79. The van der Waals surface area contributed by atoms with Gasteiger partial charge in [0.15, 0.2) is 0 Å². The summed E-state index contributed by atoms with van der Waals surface area (Å²) in [6.45, 7) is 8.84.